The van der Waals surface area contributed by atoms with E-state index in [2.05, 4.69) is 0 Å². The topological polar surface area (TPSA) is 108 Å². The molecular formula is C24H30N2O8. The second kappa shape index (κ2) is 12.6. The first-order valence-corrected chi connectivity index (χ1v) is 11.1. The van der Waals surface area contributed by atoms with E-state index in [1.165, 1.54) is 12.0 Å². The van der Waals surface area contributed by atoms with Crippen molar-refractivity contribution in [3.63, 3.8) is 0 Å². The van der Waals surface area contributed by atoms with Crippen LogP contribution in [-0.4, -0.2) is 67.8 Å². The minimum atomic E-state index is -0.448. The van der Waals surface area contributed by atoms with Crippen molar-refractivity contribution in [3.8, 4) is 11.5 Å². The first-order valence-electron chi connectivity index (χ1n) is 11.1. The summed E-state index contributed by atoms with van der Waals surface area (Å²) in [5.74, 6) is 0.862. The van der Waals surface area contributed by atoms with Crippen LogP contribution in [0.4, 0.5) is 0 Å². The maximum atomic E-state index is 13.3. The summed E-state index contributed by atoms with van der Waals surface area (Å²) < 4.78 is 26.2. The van der Waals surface area contributed by atoms with E-state index in [1.807, 2.05) is 12.1 Å². The van der Waals surface area contributed by atoms with E-state index in [9.17, 15) is 14.4 Å². The predicted octanol–water partition coefficient (Wildman–Crippen LogP) is 2.36. The van der Waals surface area contributed by atoms with Crippen LogP contribution < -0.4 is 9.47 Å². The Balaban J connectivity index is 1.70. The van der Waals surface area contributed by atoms with Gasteiger partial charge in [-0.25, -0.2) is 0 Å². The molecule has 10 nitrogen and oxygen atoms in total. The summed E-state index contributed by atoms with van der Waals surface area (Å²) in [4.78, 5) is 40.8. The number of fused-ring (bicyclic) bond motifs is 1. The molecule has 34 heavy (non-hydrogen) atoms. The second-order valence-electron chi connectivity index (χ2n) is 7.63. The minimum Gasteiger partial charge on any atom is -0.467 e. The monoisotopic (exact) mass is 474 g/mol. The molecule has 0 radical (unpaired) electrons. The van der Waals surface area contributed by atoms with Crippen LogP contribution in [0.3, 0.4) is 0 Å². The molecule has 2 amide bonds. The van der Waals surface area contributed by atoms with E-state index in [0.717, 1.165) is 5.56 Å². The lowest BCUT2D eigenvalue weighted by Crippen LogP contribution is -2.43. The number of hydrogen-bond donors (Lipinski definition) is 0. The summed E-state index contributed by atoms with van der Waals surface area (Å²) in [7, 11) is 1.52. The number of benzene rings is 1. The Morgan fingerprint density at radius 1 is 1.00 bits per heavy atom. The Kier molecular flexibility index (Phi) is 9.33. The number of methoxy groups -OCH3 is 1. The van der Waals surface area contributed by atoms with Crippen LogP contribution in [0, 0.1) is 0 Å². The van der Waals surface area contributed by atoms with Crippen LogP contribution in [0.25, 0.3) is 0 Å². The molecule has 3 rings (SSSR count). The summed E-state index contributed by atoms with van der Waals surface area (Å²) in [5.41, 5.74) is 0.848. The Hall–Kier alpha value is -3.53. The molecule has 2 heterocycles. The molecule has 1 aliphatic heterocycles. The molecule has 10 heteroatoms. The van der Waals surface area contributed by atoms with Gasteiger partial charge >= 0.3 is 5.97 Å². The molecule has 184 valence electrons. The van der Waals surface area contributed by atoms with Crippen molar-refractivity contribution in [2.75, 3.05) is 40.2 Å². The fraction of sp³-hybridized carbons (Fsp3) is 0.458. The summed E-state index contributed by atoms with van der Waals surface area (Å²) >= 11 is 0. The van der Waals surface area contributed by atoms with Crippen LogP contribution in [0.2, 0.25) is 0 Å². The fourth-order valence-electron chi connectivity index (χ4n) is 3.44. The number of amides is 2. The first kappa shape index (κ1) is 25.1. The van der Waals surface area contributed by atoms with Gasteiger partial charge in [0.2, 0.25) is 18.6 Å². The van der Waals surface area contributed by atoms with Crippen LogP contribution in [-0.2, 0) is 36.9 Å². The van der Waals surface area contributed by atoms with Gasteiger partial charge in [0.25, 0.3) is 0 Å². The SMILES string of the molecule is CCOC(=O)CCC(=O)N(CCOC)CC(=O)N(Cc1ccc2c(c1)OCO2)Cc1ccco1. The summed E-state index contributed by atoms with van der Waals surface area (Å²) in [6.07, 6.45) is 1.45. The number of esters is 1. The van der Waals surface area contributed by atoms with Crippen molar-refractivity contribution >= 4 is 17.8 Å². The maximum absolute atomic E-state index is 13.3. The highest BCUT2D eigenvalue weighted by Gasteiger charge is 2.24. The third-order valence-corrected chi connectivity index (χ3v) is 5.18. The number of carbonyl (C=O) groups excluding carboxylic acids is 3. The van der Waals surface area contributed by atoms with E-state index in [0.29, 0.717) is 17.3 Å². The van der Waals surface area contributed by atoms with Gasteiger partial charge in [-0.15, -0.1) is 0 Å². The minimum absolute atomic E-state index is 0.0440. The smallest absolute Gasteiger partial charge is 0.306 e. The van der Waals surface area contributed by atoms with Gasteiger partial charge in [-0.1, -0.05) is 6.07 Å². The lowest BCUT2D eigenvalue weighted by molar-refractivity contribution is -0.146. The highest BCUT2D eigenvalue weighted by molar-refractivity contribution is 5.86. The summed E-state index contributed by atoms with van der Waals surface area (Å²) in [6.45, 7) is 2.96. The molecule has 0 fully saturated rings. The van der Waals surface area contributed by atoms with Gasteiger partial charge in [0.1, 0.15) is 5.76 Å². The number of ether oxygens (including phenoxy) is 4. The molecule has 0 atom stereocenters. The average molecular weight is 475 g/mol. The number of carbonyl (C=O) groups is 3. The van der Waals surface area contributed by atoms with Gasteiger partial charge in [0.15, 0.2) is 11.5 Å². The highest BCUT2D eigenvalue weighted by atomic mass is 16.7. The van der Waals surface area contributed by atoms with Gasteiger partial charge in [0, 0.05) is 26.6 Å². The second-order valence-corrected chi connectivity index (χ2v) is 7.63. The summed E-state index contributed by atoms with van der Waals surface area (Å²) in [5, 5.41) is 0. The normalized spacial score (nSPS) is 11.8. The number of nitrogens with zero attached hydrogens (tertiary/aromatic N) is 2. The molecule has 1 aromatic carbocycles. The quantitative estimate of drug-likeness (QED) is 0.407. The van der Waals surface area contributed by atoms with Crippen molar-refractivity contribution in [3.05, 3.63) is 47.9 Å². The van der Waals surface area contributed by atoms with Gasteiger partial charge in [-0.05, 0) is 36.8 Å². The first-order chi connectivity index (χ1) is 16.5. The van der Waals surface area contributed by atoms with Crippen LogP contribution in [0.15, 0.2) is 41.0 Å². The Morgan fingerprint density at radius 3 is 2.56 bits per heavy atom. The van der Waals surface area contributed by atoms with Gasteiger partial charge in [-0.2, -0.15) is 0 Å². The molecule has 0 unspecified atom stereocenters. The Morgan fingerprint density at radius 2 is 1.82 bits per heavy atom. The Bertz CT molecular complexity index is 960. The molecule has 0 aliphatic carbocycles. The van der Waals surface area contributed by atoms with Crippen molar-refractivity contribution < 1.29 is 37.7 Å². The Labute approximate surface area is 198 Å². The zero-order valence-corrected chi connectivity index (χ0v) is 19.5. The molecule has 1 aliphatic rings. The van der Waals surface area contributed by atoms with E-state index in [-0.39, 0.29) is 70.8 Å². The van der Waals surface area contributed by atoms with Gasteiger partial charge in [-0.3, -0.25) is 14.4 Å². The molecule has 0 saturated heterocycles. The third kappa shape index (κ3) is 7.24. The lowest BCUT2D eigenvalue weighted by atomic mass is 10.1. The predicted molar refractivity (Wildman–Crippen MR) is 120 cm³/mol. The number of furan rings is 1. The number of rotatable bonds is 13. The summed E-state index contributed by atoms with van der Waals surface area (Å²) in [6, 6.07) is 9.04. The van der Waals surface area contributed by atoms with Crippen molar-refractivity contribution in [2.24, 2.45) is 0 Å². The zero-order chi connectivity index (χ0) is 24.3. The molecule has 0 N–H and O–H groups in total. The average Bonchev–Trinajstić information content (AvgIpc) is 3.51. The van der Waals surface area contributed by atoms with E-state index in [4.69, 9.17) is 23.4 Å². The fourth-order valence-corrected chi connectivity index (χ4v) is 3.44. The molecule has 0 spiro atoms. The van der Waals surface area contributed by atoms with Gasteiger partial charge in [0.05, 0.1) is 39.0 Å². The van der Waals surface area contributed by atoms with E-state index < -0.39 is 5.97 Å². The van der Waals surface area contributed by atoms with Crippen molar-refractivity contribution in [1.82, 2.24) is 9.80 Å². The largest absolute Gasteiger partial charge is 0.467 e. The molecule has 0 bridgehead atoms. The molecule has 0 saturated carbocycles. The van der Waals surface area contributed by atoms with Gasteiger partial charge < -0.3 is 33.2 Å². The van der Waals surface area contributed by atoms with Crippen LogP contribution in [0.5, 0.6) is 11.5 Å². The number of hydrogen-bond acceptors (Lipinski definition) is 8. The highest BCUT2D eigenvalue weighted by Crippen LogP contribution is 2.33. The van der Waals surface area contributed by atoms with Crippen LogP contribution in [0.1, 0.15) is 31.1 Å². The van der Waals surface area contributed by atoms with E-state index in [1.54, 1.807) is 36.3 Å². The third-order valence-electron chi connectivity index (χ3n) is 5.18. The molecular weight excluding hydrogens is 444 g/mol. The van der Waals surface area contributed by atoms with Crippen molar-refractivity contribution in [2.45, 2.75) is 32.9 Å². The molecule has 1 aromatic heterocycles. The van der Waals surface area contributed by atoms with Crippen molar-refractivity contribution in [1.29, 1.82) is 0 Å². The standard InChI is InChI=1S/C24H30N2O8/c1-3-31-24(29)9-8-22(27)25(10-12-30-2)16-23(28)26(15-19-5-4-11-32-19)14-18-6-7-20-21(13-18)34-17-33-20/h4-7,11,13H,3,8-10,12,14-17H2,1-2H3. The molecule has 2 aromatic rings. The van der Waals surface area contributed by atoms with E-state index >= 15 is 0 Å². The zero-order valence-electron chi connectivity index (χ0n) is 19.5. The maximum Gasteiger partial charge on any atom is 0.306 e. The van der Waals surface area contributed by atoms with Crippen LogP contribution >= 0.6 is 0 Å². The lowest BCUT2D eigenvalue weighted by Gasteiger charge is -2.27.